The molecule has 0 radical (unpaired) electrons. The molecule has 0 aromatic carbocycles. The van der Waals surface area contributed by atoms with Crippen molar-refractivity contribution in [2.24, 2.45) is 11.8 Å². The van der Waals surface area contributed by atoms with Gasteiger partial charge in [0.15, 0.2) is 0 Å². The largest absolute Gasteiger partial charge is 0.478 e. The zero-order valence-electron chi connectivity index (χ0n) is 10.1. The number of rotatable bonds is 3. The van der Waals surface area contributed by atoms with Gasteiger partial charge in [-0.2, -0.15) is 0 Å². The fourth-order valence-electron chi connectivity index (χ4n) is 3.31. The maximum absolute atomic E-state index is 11.0. The molecule has 1 aromatic heterocycles. The predicted octanol–water partition coefficient (Wildman–Crippen LogP) is 1.18. The Kier molecular flexibility index (Phi) is 2.87. The van der Waals surface area contributed by atoms with Gasteiger partial charge in [-0.25, -0.2) is 4.79 Å². The van der Waals surface area contributed by atoms with Crippen molar-refractivity contribution in [3.05, 3.63) is 23.7 Å². The van der Waals surface area contributed by atoms with E-state index in [2.05, 4.69) is 4.90 Å². The van der Waals surface area contributed by atoms with Gasteiger partial charge in [-0.15, -0.1) is 0 Å². The number of nitrogens with zero attached hydrogens (tertiary/aromatic N) is 1. The van der Waals surface area contributed by atoms with Crippen LogP contribution in [0.25, 0.3) is 0 Å². The van der Waals surface area contributed by atoms with Gasteiger partial charge in [-0.3, -0.25) is 4.90 Å². The summed E-state index contributed by atoms with van der Waals surface area (Å²) < 4.78 is 5.25. The van der Waals surface area contributed by atoms with Crippen molar-refractivity contribution in [2.75, 3.05) is 13.1 Å². The Morgan fingerprint density at radius 1 is 1.44 bits per heavy atom. The minimum atomic E-state index is -0.946. The topological polar surface area (TPSA) is 73.9 Å². The maximum Gasteiger partial charge on any atom is 0.339 e. The smallest absolute Gasteiger partial charge is 0.339 e. The zero-order valence-corrected chi connectivity index (χ0v) is 10.1. The molecule has 2 heterocycles. The standard InChI is InChI=1S/C13H17NO4/c15-11-2-1-8-5-14(6-10(8)11)7-12-9(13(16)17)3-4-18-12/h3-4,8,10-11,15H,1-2,5-7H2,(H,16,17). The maximum atomic E-state index is 11.0. The number of likely N-dealkylation sites (tertiary alicyclic amines) is 1. The van der Waals surface area contributed by atoms with Crippen molar-refractivity contribution in [2.45, 2.75) is 25.5 Å². The minimum Gasteiger partial charge on any atom is -0.478 e. The molecule has 2 fully saturated rings. The van der Waals surface area contributed by atoms with E-state index in [9.17, 15) is 9.90 Å². The van der Waals surface area contributed by atoms with E-state index < -0.39 is 5.97 Å². The number of aromatic carboxylic acids is 1. The van der Waals surface area contributed by atoms with E-state index in [1.54, 1.807) is 0 Å². The molecule has 3 atom stereocenters. The molecule has 98 valence electrons. The Balaban J connectivity index is 1.68. The number of furan rings is 1. The first-order chi connectivity index (χ1) is 8.65. The van der Waals surface area contributed by atoms with E-state index in [-0.39, 0.29) is 11.7 Å². The summed E-state index contributed by atoms with van der Waals surface area (Å²) in [5, 5.41) is 18.9. The van der Waals surface area contributed by atoms with Crippen molar-refractivity contribution in [1.29, 1.82) is 0 Å². The molecule has 0 amide bonds. The summed E-state index contributed by atoms with van der Waals surface area (Å²) in [5.74, 6) is 0.478. The fourth-order valence-corrected chi connectivity index (χ4v) is 3.31. The van der Waals surface area contributed by atoms with Crippen LogP contribution in [0, 0.1) is 11.8 Å². The van der Waals surface area contributed by atoms with E-state index in [0.717, 1.165) is 25.9 Å². The second-order valence-electron chi connectivity index (χ2n) is 5.33. The van der Waals surface area contributed by atoms with Crippen LogP contribution in [0.15, 0.2) is 16.7 Å². The third-order valence-corrected chi connectivity index (χ3v) is 4.24. The molecule has 2 N–H and O–H groups in total. The third kappa shape index (κ3) is 1.93. The lowest BCUT2D eigenvalue weighted by Gasteiger charge is -2.16. The Hall–Kier alpha value is -1.33. The Morgan fingerprint density at radius 3 is 3.00 bits per heavy atom. The number of hydrogen-bond acceptors (Lipinski definition) is 4. The molecule has 1 aliphatic heterocycles. The summed E-state index contributed by atoms with van der Waals surface area (Å²) in [7, 11) is 0. The van der Waals surface area contributed by atoms with Gasteiger partial charge in [0.1, 0.15) is 11.3 Å². The lowest BCUT2D eigenvalue weighted by atomic mass is 10.00. The molecular weight excluding hydrogens is 234 g/mol. The summed E-state index contributed by atoms with van der Waals surface area (Å²) in [6.07, 6.45) is 3.22. The van der Waals surface area contributed by atoms with E-state index >= 15 is 0 Å². The average molecular weight is 251 g/mol. The third-order valence-electron chi connectivity index (χ3n) is 4.24. The van der Waals surface area contributed by atoms with Crippen LogP contribution < -0.4 is 0 Å². The fraction of sp³-hybridized carbons (Fsp3) is 0.615. The van der Waals surface area contributed by atoms with Crippen LogP contribution in [0.2, 0.25) is 0 Å². The number of aliphatic hydroxyl groups excluding tert-OH is 1. The first-order valence-corrected chi connectivity index (χ1v) is 6.35. The van der Waals surface area contributed by atoms with Gasteiger partial charge >= 0.3 is 5.97 Å². The number of fused-ring (bicyclic) bond motifs is 1. The molecule has 0 bridgehead atoms. The number of hydrogen-bond donors (Lipinski definition) is 2. The molecular formula is C13H17NO4. The van der Waals surface area contributed by atoms with Gasteiger partial charge in [-0.1, -0.05) is 0 Å². The molecule has 3 rings (SSSR count). The van der Waals surface area contributed by atoms with Crippen molar-refractivity contribution < 1.29 is 19.4 Å². The zero-order chi connectivity index (χ0) is 12.7. The highest BCUT2D eigenvalue weighted by molar-refractivity contribution is 5.88. The number of carboxylic acid groups (broad SMARTS) is 1. The van der Waals surface area contributed by atoms with Gasteiger partial charge in [0.25, 0.3) is 0 Å². The highest BCUT2D eigenvalue weighted by Crippen LogP contribution is 2.38. The van der Waals surface area contributed by atoms with Crippen molar-refractivity contribution in [1.82, 2.24) is 4.90 Å². The van der Waals surface area contributed by atoms with Crippen LogP contribution in [0.4, 0.5) is 0 Å². The molecule has 2 aliphatic rings. The van der Waals surface area contributed by atoms with Gasteiger partial charge in [0.2, 0.25) is 0 Å². The van der Waals surface area contributed by atoms with Crippen molar-refractivity contribution in [3.8, 4) is 0 Å². The quantitative estimate of drug-likeness (QED) is 0.843. The van der Waals surface area contributed by atoms with Gasteiger partial charge in [-0.05, 0) is 24.8 Å². The molecule has 3 unspecified atom stereocenters. The second kappa shape index (κ2) is 4.40. The summed E-state index contributed by atoms with van der Waals surface area (Å²) in [6, 6.07) is 1.49. The average Bonchev–Trinajstić information content (AvgIpc) is 2.98. The van der Waals surface area contributed by atoms with Gasteiger partial charge in [0.05, 0.1) is 18.9 Å². The van der Waals surface area contributed by atoms with Crippen LogP contribution in [0.3, 0.4) is 0 Å². The van der Waals surface area contributed by atoms with E-state index in [1.807, 2.05) is 0 Å². The lowest BCUT2D eigenvalue weighted by Crippen LogP contribution is -2.24. The Bertz CT molecular complexity index is 456. The molecule has 1 saturated carbocycles. The summed E-state index contributed by atoms with van der Waals surface area (Å²) >= 11 is 0. The van der Waals surface area contributed by atoms with Crippen molar-refractivity contribution >= 4 is 5.97 Å². The highest BCUT2D eigenvalue weighted by atomic mass is 16.4. The first kappa shape index (κ1) is 11.7. The molecule has 5 heteroatoms. The highest BCUT2D eigenvalue weighted by Gasteiger charge is 2.42. The number of aliphatic hydroxyl groups is 1. The van der Waals surface area contributed by atoms with Crippen LogP contribution in [0.5, 0.6) is 0 Å². The minimum absolute atomic E-state index is 0.185. The lowest BCUT2D eigenvalue weighted by molar-refractivity contribution is 0.0692. The molecule has 0 spiro atoms. The van der Waals surface area contributed by atoms with E-state index in [1.165, 1.54) is 12.3 Å². The number of carbonyl (C=O) groups is 1. The number of carboxylic acids is 1. The Morgan fingerprint density at radius 2 is 2.28 bits per heavy atom. The SMILES string of the molecule is O=C(O)c1ccoc1CN1CC2CCC(O)C2C1. The summed E-state index contributed by atoms with van der Waals surface area (Å²) in [6.45, 7) is 2.29. The van der Waals surface area contributed by atoms with E-state index in [4.69, 9.17) is 9.52 Å². The normalized spacial score (nSPS) is 31.7. The van der Waals surface area contributed by atoms with Gasteiger partial charge in [0, 0.05) is 19.0 Å². The monoisotopic (exact) mass is 251 g/mol. The van der Waals surface area contributed by atoms with Gasteiger partial charge < -0.3 is 14.6 Å². The molecule has 1 saturated heterocycles. The van der Waals surface area contributed by atoms with E-state index in [0.29, 0.717) is 24.1 Å². The van der Waals surface area contributed by atoms with Crippen molar-refractivity contribution in [3.63, 3.8) is 0 Å². The molecule has 5 nitrogen and oxygen atoms in total. The summed E-state index contributed by atoms with van der Waals surface area (Å²) in [4.78, 5) is 13.2. The predicted molar refractivity (Wildman–Crippen MR) is 63.2 cm³/mol. The first-order valence-electron chi connectivity index (χ1n) is 6.35. The molecule has 1 aliphatic carbocycles. The van der Waals surface area contributed by atoms with Crippen LogP contribution in [0.1, 0.15) is 29.0 Å². The van der Waals surface area contributed by atoms with Crippen LogP contribution in [-0.2, 0) is 6.54 Å². The van der Waals surface area contributed by atoms with Crippen LogP contribution in [-0.4, -0.2) is 40.3 Å². The van der Waals surface area contributed by atoms with Crippen LogP contribution >= 0.6 is 0 Å². The molecule has 1 aromatic rings. The second-order valence-corrected chi connectivity index (χ2v) is 5.33. The summed E-state index contributed by atoms with van der Waals surface area (Å²) in [5.41, 5.74) is 0.243. The molecule has 18 heavy (non-hydrogen) atoms. The Labute approximate surface area is 105 Å².